The number of nitrogens with zero attached hydrogens (tertiary/aromatic N) is 3. The number of rotatable bonds is 8. The topological polar surface area (TPSA) is 49.3 Å². The van der Waals surface area contributed by atoms with Crippen molar-refractivity contribution in [3.8, 4) is 0 Å². The van der Waals surface area contributed by atoms with Gasteiger partial charge in [0.1, 0.15) is 0 Å². The van der Waals surface area contributed by atoms with Crippen molar-refractivity contribution in [1.29, 1.82) is 0 Å². The Balaban J connectivity index is 1.37. The van der Waals surface area contributed by atoms with Crippen molar-refractivity contribution in [2.75, 3.05) is 53.0 Å². The van der Waals surface area contributed by atoms with Crippen LogP contribution in [0.15, 0.2) is 4.99 Å². The van der Waals surface area contributed by atoms with Crippen LogP contribution in [0.1, 0.15) is 71.1 Å². The second kappa shape index (κ2) is 12.8. The maximum Gasteiger partial charge on any atom is 0.193 e. The molecule has 2 unspecified atom stereocenters. The number of piperidine rings is 2. The van der Waals surface area contributed by atoms with Gasteiger partial charge in [-0.05, 0) is 64.5 Å². The first kappa shape index (κ1) is 22.8. The van der Waals surface area contributed by atoms with Crippen LogP contribution in [0.4, 0.5) is 0 Å². The normalized spacial score (nSPS) is 27.9. The Morgan fingerprint density at radius 3 is 2.62 bits per heavy atom. The molecule has 0 radical (unpaired) electrons. The molecule has 168 valence electrons. The summed E-state index contributed by atoms with van der Waals surface area (Å²) in [4.78, 5) is 9.69. The van der Waals surface area contributed by atoms with Gasteiger partial charge in [0, 0.05) is 39.3 Å². The molecule has 0 aromatic rings. The van der Waals surface area contributed by atoms with Crippen LogP contribution < -0.4 is 5.32 Å². The molecule has 3 aliphatic rings. The first-order valence-corrected chi connectivity index (χ1v) is 12.2. The first-order valence-electron chi connectivity index (χ1n) is 12.2. The van der Waals surface area contributed by atoms with Gasteiger partial charge >= 0.3 is 0 Å². The number of unbranched alkanes of at least 4 members (excludes halogenated alkanes) is 1. The van der Waals surface area contributed by atoms with E-state index in [1.165, 1.54) is 58.0 Å². The molecular weight excluding hydrogens is 364 g/mol. The highest BCUT2D eigenvalue weighted by Crippen LogP contribution is 2.19. The van der Waals surface area contributed by atoms with Gasteiger partial charge in [-0.15, -0.1) is 0 Å². The van der Waals surface area contributed by atoms with Crippen molar-refractivity contribution in [2.45, 2.75) is 89.4 Å². The summed E-state index contributed by atoms with van der Waals surface area (Å²) >= 11 is 0. The molecule has 0 amide bonds. The second-order valence-electron chi connectivity index (χ2n) is 8.98. The van der Waals surface area contributed by atoms with Gasteiger partial charge in [-0.3, -0.25) is 9.89 Å². The lowest BCUT2D eigenvalue weighted by molar-refractivity contribution is -0.0721. The van der Waals surface area contributed by atoms with E-state index < -0.39 is 0 Å². The van der Waals surface area contributed by atoms with Crippen LogP contribution in [0.5, 0.6) is 0 Å². The Kier molecular flexibility index (Phi) is 10.0. The van der Waals surface area contributed by atoms with E-state index in [9.17, 15) is 0 Å². The zero-order valence-corrected chi connectivity index (χ0v) is 18.9. The molecule has 3 fully saturated rings. The standard InChI is InChI=1S/C23H44N4O2/c1-3-4-13-26-14-7-5-9-20(26)18-25-23(24-2)27-15-11-21(12-16-27)29-19-22-10-6-8-17-28-22/h20-22H,3-19H2,1-2H3,(H,24,25). The minimum atomic E-state index is 0.322. The molecule has 3 heterocycles. The number of guanidine groups is 1. The van der Waals surface area contributed by atoms with Crippen molar-refractivity contribution in [2.24, 2.45) is 4.99 Å². The molecule has 2 atom stereocenters. The molecule has 0 spiro atoms. The molecule has 0 aromatic carbocycles. The summed E-state index contributed by atoms with van der Waals surface area (Å²) in [5.41, 5.74) is 0. The minimum Gasteiger partial charge on any atom is -0.376 e. The average molecular weight is 409 g/mol. The Labute approximate surface area is 178 Å². The Morgan fingerprint density at radius 2 is 1.90 bits per heavy atom. The van der Waals surface area contributed by atoms with Gasteiger partial charge in [-0.1, -0.05) is 19.8 Å². The number of ether oxygens (including phenoxy) is 2. The molecule has 0 bridgehead atoms. The zero-order valence-electron chi connectivity index (χ0n) is 18.9. The van der Waals surface area contributed by atoms with Crippen LogP contribution >= 0.6 is 0 Å². The summed E-state index contributed by atoms with van der Waals surface area (Å²) in [6.07, 6.45) is 13.1. The van der Waals surface area contributed by atoms with E-state index in [0.29, 0.717) is 18.2 Å². The lowest BCUT2D eigenvalue weighted by Gasteiger charge is -2.38. The van der Waals surface area contributed by atoms with Crippen molar-refractivity contribution in [3.63, 3.8) is 0 Å². The largest absolute Gasteiger partial charge is 0.376 e. The molecule has 0 aromatic heterocycles. The number of aliphatic imine (C=N–C) groups is 1. The third-order valence-corrected chi connectivity index (χ3v) is 6.79. The monoisotopic (exact) mass is 408 g/mol. The molecule has 6 nitrogen and oxygen atoms in total. The maximum atomic E-state index is 6.17. The van der Waals surface area contributed by atoms with Crippen LogP contribution in [0.3, 0.4) is 0 Å². The fraction of sp³-hybridized carbons (Fsp3) is 0.957. The molecule has 3 aliphatic heterocycles. The van der Waals surface area contributed by atoms with Crippen LogP contribution in [-0.4, -0.2) is 87.0 Å². The molecule has 1 N–H and O–H groups in total. The predicted molar refractivity (Wildman–Crippen MR) is 120 cm³/mol. The van der Waals surface area contributed by atoms with Gasteiger partial charge < -0.3 is 19.7 Å². The van der Waals surface area contributed by atoms with Gasteiger partial charge in [0.2, 0.25) is 0 Å². The SMILES string of the molecule is CCCCN1CCCCC1CNC(=NC)N1CCC(OCC2CCCCO2)CC1. The minimum absolute atomic E-state index is 0.322. The zero-order chi connectivity index (χ0) is 20.3. The van der Waals surface area contributed by atoms with Crippen LogP contribution in [0, 0.1) is 0 Å². The quantitative estimate of drug-likeness (QED) is 0.493. The van der Waals surface area contributed by atoms with Crippen LogP contribution in [-0.2, 0) is 9.47 Å². The van der Waals surface area contributed by atoms with Crippen molar-refractivity contribution >= 4 is 5.96 Å². The highest BCUT2D eigenvalue weighted by Gasteiger charge is 2.26. The number of nitrogens with one attached hydrogen (secondary N) is 1. The molecular formula is C23H44N4O2. The van der Waals surface area contributed by atoms with Crippen molar-refractivity contribution in [1.82, 2.24) is 15.1 Å². The number of hydrogen-bond acceptors (Lipinski definition) is 4. The third kappa shape index (κ3) is 7.41. The van der Waals surface area contributed by atoms with Crippen molar-refractivity contribution < 1.29 is 9.47 Å². The second-order valence-corrected chi connectivity index (χ2v) is 8.98. The highest BCUT2D eigenvalue weighted by molar-refractivity contribution is 5.80. The lowest BCUT2D eigenvalue weighted by atomic mass is 10.0. The third-order valence-electron chi connectivity index (χ3n) is 6.79. The molecule has 3 saturated heterocycles. The van der Waals surface area contributed by atoms with Crippen molar-refractivity contribution in [3.05, 3.63) is 0 Å². The molecule has 0 saturated carbocycles. The van der Waals surface area contributed by atoms with E-state index in [4.69, 9.17) is 9.47 Å². The predicted octanol–water partition coefficient (Wildman–Crippen LogP) is 3.27. The maximum absolute atomic E-state index is 6.17. The summed E-state index contributed by atoms with van der Waals surface area (Å²) in [5.74, 6) is 1.07. The fourth-order valence-corrected chi connectivity index (χ4v) is 4.90. The summed E-state index contributed by atoms with van der Waals surface area (Å²) in [7, 11) is 1.92. The molecule has 3 rings (SSSR count). The van der Waals surface area contributed by atoms with Gasteiger partial charge in [0.05, 0.1) is 18.8 Å². The number of likely N-dealkylation sites (tertiary alicyclic amines) is 2. The van der Waals surface area contributed by atoms with E-state index in [2.05, 4.69) is 27.0 Å². The Hall–Kier alpha value is -0.850. The molecule has 6 heteroatoms. The number of hydrogen-bond donors (Lipinski definition) is 1. The Bertz CT molecular complexity index is 473. The summed E-state index contributed by atoms with van der Waals surface area (Å²) in [6.45, 7) is 9.55. The van der Waals surface area contributed by atoms with E-state index >= 15 is 0 Å². The van der Waals surface area contributed by atoms with Gasteiger partial charge in [-0.2, -0.15) is 0 Å². The van der Waals surface area contributed by atoms with E-state index in [1.807, 2.05) is 7.05 Å². The summed E-state index contributed by atoms with van der Waals surface area (Å²) in [5, 5.41) is 3.69. The van der Waals surface area contributed by atoms with Gasteiger partial charge in [0.15, 0.2) is 5.96 Å². The highest BCUT2D eigenvalue weighted by atomic mass is 16.5. The summed E-state index contributed by atoms with van der Waals surface area (Å²) in [6, 6.07) is 0.656. The average Bonchev–Trinajstić information content (AvgIpc) is 2.79. The lowest BCUT2D eigenvalue weighted by Crippen LogP contribution is -2.52. The molecule has 0 aliphatic carbocycles. The van der Waals surface area contributed by atoms with E-state index in [-0.39, 0.29) is 0 Å². The Morgan fingerprint density at radius 1 is 1.07 bits per heavy atom. The van der Waals surface area contributed by atoms with E-state index in [1.54, 1.807) is 0 Å². The molecule has 29 heavy (non-hydrogen) atoms. The first-order chi connectivity index (χ1) is 14.3. The van der Waals surface area contributed by atoms with Gasteiger partial charge in [0.25, 0.3) is 0 Å². The smallest absolute Gasteiger partial charge is 0.193 e. The van der Waals surface area contributed by atoms with Gasteiger partial charge in [-0.25, -0.2) is 0 Å². The van der Waals surface area contributed by atoms with Crippen LogP contribution in [0.2, 0.25) is 0 Å². The fourth-order valence-electron chi connectivity index (χ4n) is 4.90. The summed E-state index contributed by atoms with van der Waals surface area (Å²) < 4.78 is 12.0. The van der Waals surface area contributed by atoms with Crippen LogP contribution in [0.25, 0.3) is 0 Å². The van der Waals surface area contributed by atoms with E-state index in [0.717, 1.165) is 58.1 Å².